The minimum absolute atomic E-state index is 0.0352. The highest BCUT2D eigenvalue weighted by Crippen LogP contribution is 2.19. The number of ether oxygens (including phenoxy) is 2. The molecule has 0 bridgehead atoms. The van der Waals surface area contributed by atoms with Crippen LogP contribution in [0.25, 0.3) is 0 Å². The van der Waals surface area contributed by atoms with E-state index >= 15 is 0 Å². The van der Waals surface area contributed by atoms with Crippen LogP contribution in [-0.4, -0.2) is 68.6 Å². The first-order valence-electron chi connectivity index (χ1n) is 6.22. The molecule has 0 aromatic carbocycles. The molecule has 1 atom stereocenters. The second-order valence-corrected chi connectivity index (χ2v) is 6.66. The summed E-state index contributed by atoms with van der Waals surface area (Å²) in [5.74, 6) is -0.751. The second kappa shape index (κ2) is 7.18. The lowest BCUT2D eigenvalue weighted by Gasteiger charge is -2.32. The summed E-state index contributed by atoms with van der Waals surface area (Å²) in [5, 5.41) is 7.47. The van der Waals surface area contributed by atoms with Crippen LogP contribution in [0, 0.1) is 0 Å². The van der Waals surface area contributed by atoms with Gasteiger partial charge in [0.05, 0.1) is 26.4 Å². The molecule has 7 nitrogen and oxygen atoms in total. The van der Waals surface area contributed by atoms with Gasteiger partial charge < -0.3 is 14.6 Å². The first kappa shape index (κ1) is 16.4. The largest absolute Gasteiger partial charge is 0.468 e. The van der Waals surface area contributed by atoms with E-state index in [1.54, 1.807) is 0 Å². The minimum Gasteiger partial charge on any atom is -0.468 e. The average molecular weight is 295 g/mol. The van der Waals surface area contributed by atoms with Crippen LogP contribution in [0.3, 0.4) is 0 Å². The Morgan fingerprint density at radius 1 is 1.42 bits per heavy atom. The SMILES string of the molecule is COC(=O)C(C)S(=O)(=O)N1CCC(OCCO)CC1. The van der Waals surface area contributed by atoms with Gasteiger partial charge in [-0.2, -0.15) is 0 Å². The van der Waals surface area contributed by atoms with Crippen molar-refractivity contribution in [2.75, 3.05) is 33.4 Å². The average Bonchev–Trinajstić information content (AvgIpc) is 2.43. The van der Waals surface area contributed by atoms with E-state index in [1.165, 1.54) is 18.3 Å². The number of piperidine rings is 1. The van der Waals surface area contributed by atoms with E-state index in [-0.39, 0.29) is 19.3 Å². The van der Waals surface area contributed by atoms with Gasteiger partial charge in [-0.3, -0.25) is 4.79 Å². The van der Waals surface area contributed by atoms with E-state index in [4.69, 9.17) is 9.84 Å². The van der Waals surface area contributed by atoms with E-state index in [9.17, 15) is 13.2 Å². The highest BCUT2D eigenvalue weighted by molar-refractivity contribution is 7.90. The Hall–Kier alpha value is -0.700. The fourth-order valence-corrected chi connectivity index (χ4v) is 3.49. The Bertz CT molecular complexity index is 388. The van der Waals surface area contributed by atoms with Gasteiger partial charge in [-0.15, -0.1) is 0 Å². The van der Waals surface area contributed by atoms with Gasteiger partial charge in [0.2, 0.25) is 10.0 Å². The normalized spacial score (nSPS) is 20.2. The van der Waals surface area contributed by atoms with Crippen molar-refractivity contribution >= 4 is 16.0 Å². The van der Waals surface area contributed by atoms with Crippen LogP contribution in [-0.2, 0) is 24.3 Å². The van der Waals surface area contributed by atoms with Crippen molar-refractivity contribution < 1.29 is 27.8 Å². The molecule has 1 saturated heterocycles. The Labute approximate surface area is 113 Å². The number of sulfonamides is 1. The van der Waals surface area contributed by atoms with Crippen LogP contribution in [0.5, 0.6) is 0 Å². The smallest absolute Gasteiger partial charge is 0.325 e. The van der Waals surface area contributed by atoms with Gasteiger partial charge in [-0.25, -0.2) is 12.7 Å². The van der Waals surface area contributed by atoms with Crippen LogP contribution < -0.4 is 0 Å². The van der Waals surface area contributed by atoms with E-state index in [0.717, 1.165) is 0 Å². The lowest BCUT2D eigenvalue weighted by Crippen LogP contribution is -2.46. The molecular formula is C11H21NO6S. The zero-order chi connectivity index (χ0) is 14.5. The topological polar surface area (TPSA) is 93.1 Å². The molecule has 1 fully saturated rings. The minimum atomic E-state index is -3.66. The maximum absolute atomic E-state index is 12.2. The number of carbonyl (C=O) groups is 1. The number of rotatable bonds is 6. The molecule has 1 N–H and O–H groups in total. The summed E-state index contributed by atoms with van der Waals surface area (Å²) in [7, 11) is -2.49. The highest BCUT2D eigenvalue weighted by atomic mass is 32.2. The van der Waals surface area contributed by atoms with Crippen LogP contribution in [0.2, 0.25) is 0 Å². The fourth-order valence-electron chi connectivity index (χ4n) is 1.98. The Morgan fingerprint density at radius 3 is 2.47 bits per heavy atom. The first-order chi connectivity index (χ1) is 8.93. The van der Waals surface area contributed by atoms with Crippen LogP contribution in [0.15, 0.2) is 0 Å². The van der Waals surface area contributed by atoms with Gasteiger partial charge in [0.1, 0.15) is 0 Å². The lowest BCUT2D eigenvalue weighted by molar-refractivity contribution is -0.139. The molecule has 112 valence electrons. The molecule has 1 aliphatic heterocycles. The number of hydrogen-bond acceptors (Lipinski definition) is 6. The molecule has 0 aromatic rings. The van der Waals surface area contributed by atoms with E-state index in [2.05, 4.69) is 4.74 Å². The van der Waals surface area contributed by atoms with Crippen LogP contribution in [0.1, 0.15) is 19.8 Å². The van der Waals surface area contributed by atoms with Crippen molar-refractivity contribution in [3.05, 3.63) is 0 Å². The summed E-state index contributed by atoms with van der Waals surface area (Å²) < 4.78 is 35.4. The second-order valence-electron chi connectivity index (χ2n) is 4.40. The molecule has 19 heavy (non-hydrogen) atoms. The van der Waals surface area contributed by atoms with Crippen LogP contribution >= 0.6 is 0 Å². The van der Waals surface area contributed by atoms with Gasteiger partial charge in [-0.05, 0) is 19.8 Å². The number of aliphatic hydroxyl groups is 1. The number of aliphatic hydroxyl groups excluding tert-OH is 1. The number of methoxy groups -OCH3 is 1. The van der Waals surface area contributed by atoms with Gasteiger partial charge in [0.15, 0.2) is 5.25 Å². The maximum Gasteiger partial charge on any atom is 0.325 e. The third kappa shape index (κ3) is 4.13. The molecule has 0 saturated carbocycles. The standard InChI is InChI=1S/C11H21NO6S/c1-9(11(14)17-2)19(15,16)12-5-3-10(4-6-12)18-8-7-13/h9-10,13H,3-8H2,1-2H3. The monoisotopic (exact) mass is 295 g/mol. The van der Waals surface area contributed by atoms with Crippen molar-refractivity contribution in [2.24, 2.45) is 0 Å². The summed E-state index contributed by atoms with van der Waals surface area (Å²) in [6.45, 7) is 2.18. The Balaban J connectivity index is 2.56. The molecule has 8 heteroatoms. The molecule has 1 rings (SSSR count). The Kier molecular flexibility index (Phi) is 6.18. The first-order valence-corrected chi connectivity index (χ1v) is 7.73. The molecule has 0 radical (unpaired) electrons. The highest BCUT2D eigenvalue weighted by Gasteiger charge is 2.36. The van der Waals surface area contributed by atoms with E-state index in [1.807, 2.05) is 0 Å². The molecule has 0 aromatic heterocycles. The third-order valence-electron chi connectivity index (χ3n) is 3.19. The van der Waals surface area contributed by atoms with Crippen molar-refractivity contribution in [3.8, 4) is 0 Å². The summed E-state index contributed by atoms with van der Waals surface area (Å²) in [6.07, 6.45) is 1.09. The third-order valence-corrected chi connectivity index (χ3v) is 5.36. The Morgan fingerprint density at radius 2 is 2.00 bits per heavy atom. The molecular weight excluding hydrogens is 274 g/mol. The number of nitrogens with zero attached hydrogens (tertiary/aromatic N) is 1. The molecule has 1 heterocycles. The molecule has 0 amide bonds. The van der Waals surface area contributed by atoms with Crippen molar-refractivity contribution in [3.63, 3.8) is 0 Å². The predicted octanol–water partition coefficient (Wildman–Crippen LogP) is -0.649. The van der Waals surface area contributed by atoms with Gasteiger partial charge >= 0.3 is 5.97 Å². The predicted molar refractivity (Wildman–Crippen MR) is 68.0 cm³/mol. The quantitative estimate of drug-likeness (QED) is 0.655. The zero-order valence-electron chi connectivity index (χ0n) is 11.2. The van der Waals surface area contributed by atoms with E-state index in [0.29, 0.717) is 25.9 Å². The van der Waals surface area contributed by atoms with Crippen molar-refractivity contribution in [1.82, 2.24) is 4.31 Å². The molecule has 0 aliphatic carbocycles. The molecule has 1 unspecified atom stereocenters. The summed E-state index contributed by atoms with van der Waals surface area (Å²) in [4.78, 5) is 11.3. The summed E-state index contributed by atoms with van der Waals surface area (Å²) >= 11 is 0. The fraction of sp³-hybridized carbons (Fsp3) is 0.909. The summed E-state index contributed by atoms with van der Waals surface area (Å²) in [5.41, 5.74) is 0. The van der Waals surface area contributed by atoms with Gasteiger partial charge in [0.25, 0.3) is 0 Å². The van der Waals surface area contributed by atoms with Gasteiger partial charge in [0, 0.05) is 13.1 Å². The number of hydrogen-bond donors (Lipinski definition) is 1. The lowest BCUT2D eigenvalue weighted by atomic mass is 10.1. The van der Waals surface area contributed by atoms with Gasteiger partial charge in [-0.1, -0.05) is 0 Å². The van der Waals surface area contributed by atoms with Crippen molar-refractivity contribution in [1.29, 1.82) is 0 Å². The number of carbonyl (C=O) groups excluding carboxylic acids is 1. The maximum atomic E-state index is 12.2. The summed E-state index contributed by atoms with van der Waals surface area (Å²) in [6, 6.07) is 0. The number of esters is 1. The van der Waals surface area contributed by atoms with Crippen molar-refractivity contribution in [2.45, 2.75) is 31.1 Å². The molecule has 0 spiro atoms. The van der Waals surface area contributed by atoms with E-state index < -0.39 is 21.2 Å². The molecule has 1 aliphatic rings. The zero-order valence-corrected chi connectivity index (χ0v) is 12.1. The van der Waals surface area contributed by atoms with Crippen LogP contribution in [0.4, 0.5) is 0 Å².